The molecule has 3 aliphatic rings. The SMILES string of the molecule is CCCCCCCCCCCCCCCCCC(=O)N[C@H]1C[C@@H](O)CNC(=O)[C@@H]2[C@@H](O)[C@@H](C)CN2C(=O)[C@H]([C@@H](C)O)NC(=O)[C@H]([C@H](O)Cc2ccc(O)cc2)NC(=O)[C@@H]2C[C@@H](O)CN2C(=O)[C@H]([C@@H](C)O)NC1=O. The van der Waals surface area contributed by atoms with Crippen LogP contribution in [-0.4, -0.2) is 179 Å². The fourth-order valence-corrected chi connectivity index (χ4v) is 9.90. The van der Waals surface area contributed by atoms with Gasteiger partial charge in [-0.05, 0) is 38.0 Å². The number of nitrogens with zero attached hydrogens (tertiary/aromatic N) is 2. The van der Waals surface area contributed by atoms with E-state index in [0.717, 1.165) is 41.9 Å². The fraction of sp³-hybridized carbons (Fsp3) is 0.750. The Hall–Kier alpha value is -4.93. The second-order valence-electron chi connectivity index (χ2n) is 20.6. The first kappa shape index (κ1) is 60.6. The van der Waals surface area contributed by atoms with Crippen LogP contribution in [0.1, 0.15) is 149 Å². The van der Waals surface area contributed by atoms with Gasteiger partial charge in [-0.2, -0.15) is 0 Å². The zero-order valence-electron chi connectivity index (χ0n) is 43.3. The van der Waals surface area contributed by atoms with Gasteiger partial charge in [-0.25, -0.2) is 0 Å². The van der Waals surface area contributed by atoms with Crippen molar-refractivity contribution in [3.05, 3.63) is 29.8 Å². The molecular weight excluding hydrogens is 947 g/mol. The van der Waals surface area contributed by atoms with Crippen molar-refractivity contribution in [1.29, 1.82) is 0 Å². The van der Waals surface area contributed by atoms with E-state index in [1.54, 1.807) is 6.92 Å². The number of rotatable bonds is 22. The highest BCUT2D eigenvalue weighted by atomic mass is 16.3. The van der Waals surface area contributed by atoms with Crippen molar-refractivity contribution >= 4 is 41.4 Å². The minimum atomic E-state index is -1.91. The quantitative estimate of drug-likeness (QED) is 0.0696. The first-order chi connectivity index (χ1) is 34.7. The lowest BCUT2D eigenvalue weighted by atomic mass is 9.99. The summed E-state index contributed by atoms with van der Waals surface area (Å²) in [7, 11) is 0. The van der Waals surface area contributed by atoms with Gasteiger partial charge in [0.25, 0.3) is 0 Å². The van der Waals surface area contributed by atoms with Crippen LogP contribution in [-0.2, 0) is 40.0 Å². The first-order valence-corrected chi connectivity index (χ1v) is 26.7. The number of aliphatic hydroxyl groups excluding tert-OH is 6. The predicted molar refractivity (Wildman–Crippen MR) is 269 cm³/mol. The van der Waals surface area contributed by atoms with Crippen molar-refractivity contribution in [2.45, 2.75) is 223 Å². The van der Waals surface area contributed by atoms with Gasteiger partial charge in [0.2, 0.25) is 41.4 Å². The molecule has 3 heterocycles. The number of phenols is 1. The zero-order chi connectivity index (χ0) is 53.8. The Kier molecular flexibility index (Phi) is 25.3. The molecular formula is C52H85N7O14. The van der Waals surface area contributed by atoms with Crippen molar-refractivity contribution < 1.29 is 69.3 Å². The number of phenolic OH excluding ortho intramolecular Hbond substituents is 1. The van der Waals surface area contributed by atoms with Gasteiger partial charge < -0.3 is 72.1 Å². The number of amides is 7. The Morgan fingerprint density at radius 3 is 1.70 bits per heavy atom. The molecule has 3 aliphatic heterocycles. The molecule has 0 radical (unpaired) electrons. The van der Waals surface area contributed by atoms with Crippen LogP contribution in [0.3, 0.4) is 0 Å². The molecule has 0 aromatic heterocycles. The molecule has 73 heavy (non-hydrogen) atoms. The number of carbonyl (C=O) groups excluding carboxylic acids is 7. The lowest BCUT2D eigenvalue weighted by Crippen LogP contribution is -2.64. The second kappa shape index (κ2) is 30.4. The summed E-state index contributed by atoms with van der Waals surface area (Å²) in [4.78, 5) is 100. The Bertz CT molecular complexity index is 1940. The lowest BCUT2D eigenvalue weighted by Gasteiger charge is -2.33. The van der Waals surface area contributed by atoms with Crippen molar-refractivity contribution in [3.8, 4) is 5.75 Å². The molecule has 0 saturated carbocycles. The van der Waals surface area contributed by atoms with Crippen LogP contribution in [0.15, 0.2) is 24.3 Å². The van der Waals surface area contributed by atoms with Gasteiger partial charge in [0, 0.05) is 51.2 Å². The molecule has 0 spiro atoms. The van der Waals surface area contributed by atoms with Gasteiger partial charge in [0.05, 0.1) is 36.6 Å². The van der Waals surface area contributed by atoms with Gasteiger partial charge in [-0.1, -0.05) is 116 Å². The third kappa shape index (κ3) is 18.7. The highest BCUT2D eigenvalue weighted by molar-refractivity contribution is 5.98. The fourth-order valence-electron chi connectivity index (χ4n) is 9.90. The molecule has 1 aromatic rings. The number of β-amino-alcohol motifs (C(OH)–C–C–N with tert-alkyl or cyclic N) is 1. The number of nitrogens with one attached hydrogen (secondary N) is 5. The van der Waals surface area contributed by atoms with E-state index in [9.17, 15) is 69.3 Å². The van der Waals surface area contributed by atoms with E-state index < -0.39 is 140 Å². The molecule has 21 heteroatoms. The number of benzene rings is 1. The summed E-state index contributed by atoms with van der Waals surface area (Å²) in [6.45, 7) is 4.94. The zero-order valence-corrected chi connectivity index (χ0v) is 43.3. The standard InChI is InChI=1S/C52H85N7O14/c1-5-6-7-8-9-10-11-12-13-14-15-16-17-18-19-20-41(66)54-38-26-36(63)28-53-50(71)45-46(67)31(2)29-59(45)52(73)43(33(4)61)56-49(70)44(40(65)25-34-21-23-35(62)24-22-34)57-48(69)39-27-37(64)30-58(39)51(72)42(32(3)60)55-47(38)68/h21-24,31-33,36-40,42-46,60-65,67H,5-20,25-30H2,1-4H3,(H,53,71)(H,54,66)(H,55,68)(H,56,70)(H,57,69)/t31-,32+,33+,36+,37+,38-,39-,40+,42-,43-,44-,45-,46-/m0/s1. The molecule has 1 aromatic carbocycles. The number of carbonyl (C=O) groups is 7. The minimum absolute atomic E-state index is 0.0349. The van der Waals surface area contributed by atoms with Crippen LogP contribution in [0.5, 0.6) is 5.75 Å². The summed E-state index contributed by atoms with van der Waals surface area (Å²) in [5.41, 5.74) is 0.403. The molecule has 12 N–H and O–H groups in total. The van der Waals surface area contributed by atoms with E-state index in [1.165, 1.54) is 95.9 Å². The molecule has 21 nitrogen and oxygen atoms in total. The van der Waals surface area contributed by atoms with Gasteiger partial charge in [-0.3, -0.25) is 33.6 Å². The smallest absolute Gasteiger partial charge is 0.248 e. The monoisotopic (exact) mass is 1030 g/mol. The lowest BCUT2D eigenvalue weighted by molar-refractivity contribution is -0.147. The third-order valence-corrected chi connectivity index (χ3v) is 14.3. The largest absolute Gasteiger partial charge is 0.508 e. The molecule has 3 fully saturated rings. The van der Waals surface area contributed by atoms with Crippen molar-refractivity contribution in [2.75, 3.05) is 19.6 Å². The number of hydrogen-bond acceptors (Lipinski definition) is 14. The summed E-state index contributed by atoms with van der Waals surface area (Å²) in [6.07, 6.45) is 6.46. The average molecular weight is 1030 g/mol. The topological polar surface area (TPSA) is 328 Å². The number of aromatic hydroxyl groups is 1. The van der Waals surface area contributed by atoms with Crippen molar-refractivity contribution in [2.24, 2.45) is 5.92 Å². The van der Waals surface area contributed by atoms with Gasteiger partial charge in [0.15, 0.2) is 0 Å². The Morgan fingerprint density at radius 1 is 0.644 bits per heavy atom. The highest BCUT2D eigenvalue weighted by Gasteiger charge is 2.49. The van der Waals surface area contributed by atoms with Crippen LogP contribution >= 0.6 is 0 Å². The van der Waals surface area contributed by atoms with Gasteiger partial charge in [-0.15, -0.1) is 0 Å². The van der Waals surface area contributed by atoms with Gasteiger partial charge in [0.1, 0.15) is 42.0 Å². The van der Waals surface area contributed by atoms with Crippen LogP contribution in [0.4, 0.5) is 0 Å². The summed E-state index contributed by atoms with van der Waals surface area (Å²) in [6, 6.07) is -4.60. The van der Waals surface area contributed by atoms with Crippen molar-refractivity contribution in [1.82, 2.24) is 36.4 Å². The van der Waals surface area contributed by atoms with E-state index in [1.807, 2.05) is 0 Å². The maximum absolute atomic E-state index is 14.3. The highest BCUT2D eigenvalue weighted by Crippen LogP contribution is 2.26. The van der Waals surface area contributed by atoms with E-state index in [2.05, 4.69) is 33.5 Å². The van der Waals surface area contributed by atoms with Crippen LogP contribution in [0.25, 0.3) is 0 Å². The molecule has 13 atom stereocenters. The molecule has 7 amide bonds. The molecule has 0 bridgehead atoms. The second-order valence-corrected chi connectivity index (χ2v) is 20.6. The maximum atomic E-state index is 14.3. The van der Waals surface area contributed by atoms with Crippen LogP contribution in [0, 0.1) is 5.92 Å². The Balaban J connectivity index is 1.56. The van der Waals surface area contributed by atoms with E-state index >= 15 is 0 Å². The Morgan fingerprint density at radius 2 is 1.15 bits per heavy atom. The average Bonchev–Trinajstić information content (AvgIpc) is 3.89. The molecule has 0 aliphatic carbocycles. The molecule has 0 unspecified atom stereocenters. The van der Waals surface area contributed by atoms with Gasteiger partial charge >= 0.3 is 0 Å². The predicted octanol–water partition coefficient (Wildman–Crippen LogP) is 0.308. The maximum Gasteiger partial charge on any atom is 0.248 e. The van der Waals surface area contributed by atoms with Crippen LogP contribution in [0.2, 0.25) is 0 Å². The number of unbranched alkanes of at least 4 members (excludes halogenated alkanes) is 14. The molecule has 412 valence electrons. The molecule has 4 rings (SSSR count). The number of hydrogen-bond donors (Lipinski definition) is 12. The summed E-state index contributed by atoms with van der Waals surface area (Å²) < 4.78 is 0. The summed E-state index contributed by atoms with van der Waals surface area (Å²) >= 11 is 0. The van der Waals surface area contributed by atoms with E-state index in [4.69, 9.17) is 0 Å². The van der Waals surface area contributed by atoms with E-state index in [-0.39, 0.29) is 31.6 Å². The number of aliphatic hydroxyl groups is 6. The Labute approximate surface area is 429 Å². The summed E-state index contributed by atoms with van der Waals surface area (Å²) in [5.74, 6) is -7.53. The van der Waals surface area contributed by atoms with E-state index in [0.29, 0.717) is 12.0 Å². The number of fused-ring (bicyclic) bond motifs is 2. The minimum Gasteiger partial charge on any atom is -0.508 e. The normalized spacial score (nSPS) is 28.2. The molecule has 3 saturated heterocycles. The van der Waals surface area contributed by atoms with Crippen LogP contribution < -0.4 is 26.6 Å². The third-order valence-electron chi connectivity index (χ3n) is 14.3. The first-order valence-electron chi connectivity index (χ1n) is 26.7. The van der Waals surface area contributed by atoms with Crippen molar-refractivity contribution in [3.63, 3.8) is 0 Å². The summed E-state index contributed by atoms with van der Waals surface area (Å²) in [5, 5.41) is 88.9.